The van der Waals surface area contributed by atoms with E-state index in [4.69, 9.17) is 0 Å². The first-order valence-electron chi connectivity index (χ1n) is 7.58. The molecule has 1 aromatic rings. The topological polar surface area (TPSA) is 39.1 Å². The lowest BCUT2D eigenvalue weighted by Gasteiger charge is -2.45. The number of nitriles is 1. The molecule has 0 amide bonds. The van der Waals surface area contributed by atoms with Crippen LogP contribution in [0.25, 0.3) is 0 Å². The lowest BCUT2D eigenvalue weighted by molar-refractivity contribution is 0.0882. The van der Waals surface area contributed by atoms with Crippen LogP contribution in [0.15, 0.2) is 22.7 Å². The van der Waals surface area contributed by atoms with Gasteiger partial charge < -0.3 is 10.2 Å². The van der Waals surface area contributed by atoms with E-state index in [9.17, 15) is 5.26 Å². The van der Waals surface area contributed by atoms with Crippen molar-refractivity contribution in [3.8, 4) is 6.07 Å². The molecule has 0 bridgehead atoms. The predicted octanol–water partition coefficient (Wildman–Crippen LogP) is 4.24. The van der Waals surface area contributed by atoms with Gasteiger partial charge in [-0.2, -0.15) is 5.26 Å². The van der Waals surface area contributed by atoms with Gasteiger partial charge in [-0.05, 0) is 60.9 Å². The Morgan fingerprint density at radius 2 is 2.24 bits per heavy atom. The maximum Gasteiger partial charge on any atom is 0.103 e. The molecule has 0 aromatic heterocycles. The van der Waals surface area contributed by atoms with E-state index in [1.807, 2.05) is 18.2 Å². The zero-order valence-corrected chi connectivity index (χ0v) is 14.7. The highest BCUT2D eigenvalue weighted by Gasteiger charge is 2.36. The van der Waals surface area contributed by atoms with Gasteiger partial charge in [0.2, 0.25) is 0 Å². The van der Waals surface area contributed by atoms with Crippen LogP contribution < -0.4 is 5.32 Å². The summed E-state index contributed by atoms with van der Waals surface area (Å²) in [7, 11) is 4.34. The van der Waals surface area contributed by atoms with Gasteiger partial charge in [0.1, 0.15) is 6.07 Å². The molecule has 1 saturated carbocycles. The summed E-state index contributed by atoms with van der Waals surface area (Å²) >= 11 is 3.45. The van der Waals surface area contributed by atoms with Gasteiger partial charge in [-0.15, -0.1) is 0 Å². The zero-order valence-electron chi connectivity index (χ0n) is 13.1. The highest BCUT2D eigenvalue weighted by molar-refractivity contribution is 9.10. The molecule has 0 radical (unpaired) electrons. The molecular weight excluding hydrogens is 326 g/mol. The average Bonchev–Trinajstić information content (AvgIpc) is 2.45. The first-order valence-corrected chi connectivity index (χ1v) is 8.38. The summed E-state index contributed by atoms with van der Waals surface area (Å²) in [5, 5.41) is 12.8. The predicted molar refractivity (Wildman–Crippen MR) is 91.4 cm³/mol. The van der Waals surface area contributed by atoms with Gasteiger partial charge in [0.05, 0.1) is 11.3 Å². The first-order chi connectivity index (χ1) is 9.98. The van der Waals surface area contributed by atoms with Crippen molar-refractivity contribution in [2.45, 2.75) is 38.1 Å². The summed E-state index contributed by atoms with van der Waals surface area (Å²) in [6, 6.07) is 8.15. The third-order valence-electron chi connectivity index (χ3n) is 4.75. The van der Waals surface area contributed by atoms with Gasteiger partial charge in [-0.25, -0.2) is 0 Å². The van der Waals surface area contributed by atoms with Crippen LogP contribution in [0, 0.1) is 17.2 Å². The van der Waals surface area contributed by atoms with Gasteiger partial charge in [0.15, 0.2) is 0 Å². The van der Waals surface area contributed by atoms with E-state index in [1.54, 1.807) is 0 Å². The van der Waals surface area contributed by atoms with E-state index in [0.717, 1.165) is 22.6 Å². The van der Waals surface area contributed by atoms with Crippen LogP contribution in [0.5, 0.6) is 0 Å². The number of benzene rings is 1. The van der Waals surface area contributed by atoms with Crippen molar-refractivity contribution < 1.29 is 0 Å². The van der Waals surface area contributed by atoms with E-state index in [1.165, 1.54) is 25.7 Å². The Morgan fingerprint density at radius 1 is 1.48 bits per heavy atom. The van der Waals surface area contributed by atoms with Crippen LogP contribution >= 0.6 is 15.9 Å². The molecule has 0 saturated heterocycles. The van der Waals surface area contributed by atoms with Crippen molar-refractivity contribution >= 4 is 21.6 Å². The van der Waals surface area contributed by atoms with Crippen LogP contribution in [0.3, 0.4) is 0 Å². The van der Waals surface area contributed by atoms with E-state index in [0.29, 0.717) is 5.56 Å². The average molecular weight is 350 g/mol. The van der Waals surface area contributed by atoms with Crippen molar-refractivity contribution in [3.05, 3.63) is 28.2 Å². The SMILES string of the molecule is CC1CCCC(CNc2cccc(Br)c2C#N)(N(C)C)C1. The van der Waals surface area contributed by atoms with Gasteiger partial charge >= 0.3 is 0 Å². The van der Waals surface area contributed by atoms with Crippen molar-refractivity contribution in [2.75, 3.05) is 26.0 Å². The Kier molecular flexibility index (Phi) is 5.29. The van der Waals surface area contributed by atoms with Gasteiger partial charge in [0.25, 0.3) is 0 Å². The lowest BCUT2D eigenvalue weighted by Crippen LogP contribution is -2.52. The molecule has 0 spiro atoms. The molecule has 1 N–H and O–H groups in total. The Labute approximate surface area is 136 Å². The van der Waals surface area contributed by atoms with Crippen LogP contribution in [-0.4, -0.2) is 31.1 Å². The van der Waals surface area contributed by atoms with E-state index >= 15 is 0 Å². The number of rotatable bonds is 4. The van der Waals surface area contributed by atoms with Crippen molar-refractivity contribution in [2.24, 2.45) is 5.92 Å². The third kappa shape index (κ3) is 3.59. The maximum absolute atomic E-state index is 9.32. The molecule has 0 heterocycles. The Bertz CT molecular complexity index is 535. The van der Waals surface area contributed by atoms with Crippen molar-refractivity contribution in [1.29, 1.82) is 5.26 Å². The normalized spacial score (nSPS) is 25.6. The molecule has 0 aliphatic heterocycles. The largest absolute Gasteiger partial charge is 0.382 e. The second-order valence-corrected chi connectivity index (χ2v) is 7.30. The quantitative estimate of drug-likeness (QED) is 0.883. The van der Waals surface area contributed by atoms with Crippen LogP contribution in [-0.2, 0) is 0 Å². The summed E-state index contributed by atoms with van der Waals surface area (Å²) in [6.45, 7) is 3.23. The summed E-state index contributed by atoms with van der Waals surface area (Å²) in [6.07, 6.45) is 5.04. The smallest absolute Gasteiger partial charge is 0.103 e. The molecule has 114 valence electrons. The van der Waals surface area contributed by atoms with Crippen molar-refractivity contribution in [1.82, 2.24) is 4.90 Å². The molecule has 21 heavy (non-hydrogen) atoms. The summed E-state index contributed by atoms with van der Waals surface area (Å²) in [4.78, 5) is 2.36. The number of hydrogen-bond donors (Lipinski definition) is 1. The zero-order chi connectivity index (χ0) is 15.5. The summed E-state index contributed by atoms with van der Waals surface area (Å²) in [5.41, 5.74) is 1.80. The van der Waals surface area contributed by atoms with Crippen LogP contribution in [0.2, 0.25) is 0 Å². The molecule has 2 rings (SSSR count). The Balaban J connectivity index is 2.17. The minimum absolute atomic E-state index is 0.187. The molecule has 1 fully saturated rings. The van der Waals surface area contributed by atoms with Gasteiger partial charge in [0, 0.05) is 16.6 Å². The van der Waals surface area contributed by atoms with Gasteiger partial charge in [-0.3, -0.25) is 0 Å². The van der Waals surface area contributed by atoms with E-state index in [-0.39, 0.29) is 5.54 Å². The number of anilines is 1. The van der Waals surface area contributed by atoms with Crippen LogP contribution in [0.1, 0.15) is 38.2 Å². The number of likely N-dealkylation sites (N-methyl/N-ethyl adjacent to an activating group) is 1. The lowest BCUT2D eigenvalue weighted by atomic mass is 9.75. The molecule has 2 unspecified atom stereocenters. The molecular formula is C17H24BrN3. The van der Waals surface area contributed by atoms with E-state index < -0.39 is 0 Å². The maximum atomic E-state index is 9.32. The fraction of sp³-hybridized carbons (Fsp3) is 0.588. The molecule has 2 atom stereocenters. The number of halogens is 1. The Hall–Kier alpha value is -1.05. The van der Waals surface area contributed by atoms with Gasteiger partial charge in [-0.1, -0.05) is 25.8 Å². The third-order valence-corrected chi connectivity index (χ3v) is 5.41. The minimum atomic E-state index is 0.187. The number of nitrogens with zero attached hydrogens (tertiary/aromatic N) is 2. The monoisotopic (exact) mass is 349 g/mol. The highest BCUT2D eigenvalue weighted by atomic mass is 79.9. The molecule has 1 aliphatic rings. The fourth-order valence-electron chi connectivity index (χ4n) is 3.40. The van der Waals surface area contributed by atoms with E-state index in [2.05, 4.69) is 53.2 Å². The summed E-state index contributed by atoms with van der Waals surface area (Å²) < 4.78 is 0.853. The highest BCUT2D eigenvalue weighted by Crippen LogP contribution is 2.36. The molecule has 1 aromatic carbocycles. The van der Waals surface area contributed by atoms with Crippen molar-refractivity contribution in [3.63, 3.8) is 0 Å². The summed E-state index contributed by atoms with van der Waals surface area (Å²) in [5.74, 6) is 0.765. The molecule has 3 nitrogen and oxygen atoms in total. The standard InChI is InChI=1S/C17H24BrN3/c1-13-6-5-9-17(10-13,21(2)3)12-20-16-8-4-7-15(18)14(16)11-19/h4,7-8,13,20H,5-6,9-10,12H2,1-3H3. The second kappa shape index (κ2) is 6.81. The Morgan fingerprint density at radius 3 is 2.86 bits per heavy atom. The fourth-order valence-corrected chi connectivity index (χ4v) is 3.86. The molecule has 1 aliphatic carbocycles. The van der Waals surface area contributed by atoms with Crippen LogP contribution in [0.4, 0.5) is 5.69 Å². The first kappa shape index (κ1) is 16.3. The number of nitrogens with one attached hydrogen (secondary N) is 1. The number of hydrogen-bond acceptors (Lipinski definition) is 3. The molecule has 4 heteroatoms. The second-order valence-electron chi connectivity index (χ2n) is 6.45. The minimum Gasteiger partial charge on any atom is -0.382 e.